The molecule has 1 N–H and O–H groups in total. The van der Waals surface area contributed by atoms with Gasteiger partial charge < -0.3 is 14.8 Å². The maximum absolute atomic E-state index is 12.8. The first-order valence-corrected chi connectivity index (χ1v) is 7.85. The molecule has 0 fully saturated rings. The summed E-state index contributed by atoms with van der Waals surface area (Å²) in [5, 5.41) is 2.75. The summed E-state index contributed by atoms with van der Waals surface area (Å²) in [5.74, 6) is 0.716. The molecule has 1 atom stereocenters. The van der Waals surface area contributed by atoms with Crippen LogP contribution in [0.25, 0.3) is 0 Å². The van der Waals surface area contributed by atoms with E-state index in [4.69, 9.17) is 9.47 Å². The Morgan fingerprint density at radius 3 is 2.33 bits per heavy atom. The molecule has 0 bridgehead atoms. The van der Waals surface area contributed by atoms with Gasteiger partial charge in [0.1, 0.15) is 23.9 Å². The average molecular weight is 331 g/mol. The highest BCUT2D eigenvalue weighted by atomic mass is 19.1. The summed E-state index contributed by atoms with van der Waals surface area (Å²) in [4.78, 5) is 12.0. The van der Waals surface area contributed by atoms with Crippen LogP contribution in [0.3, 0.4) is 0 Å². The first-order valence-electron chi connectivity index (χ1n) is 7.85. The van der Waals surface area contributed by atoms with E-state index < -0.39 is 6.10 Å². The van der Waals surface area contributed by atoms with E-state index in [2.05, 4.69) is 5.32 Å². The van der Waals surface area contributed by atoms with Crippen LogP contribution in [0.1, 0.15) is 18.1 Å². The van der Waals surface area contributed by atoms with E-state index in [9.17, 15) is 9.18 Å². The predicted molar refractivity (Wildman–Crippen MR) is 90.9 cm³/mol. The van der Waals surface area contributed by atoms with Gasteiger partial charge in [-0.3, -0.25) is 4.79 Å². The van der Waals surface area contributed by atoms with Crippen molar-refractivity contribution < 1.29 is 18.7 Å². The molecule has 0 saturated heterocycles. The van der Waals surface area contributed by atoms with Crippen molar-refractivity contribution in [2.45, 2.75) is 26.9 Å². The van der Waals surface area contributed by atoms with Crippen LogP contribution in [-0.4, -0.2) is 25.2 Å². The van der Waals surface area contributed by atoms with Crippen LogP contribution in [0.2, 0.25) is 0 Å². The first kappa shape index (κ1) is 17.8. The highest BCUT2D eigenvalue weighted by molar-refractivity contribution is 5.80. The lowest BCUT2D eigenvalue weighted by atomic mass is 10.1. The minimum Gasteiger partial charge on any atom is -0.492 e. The van der Waals surface area contributed by atoms with E-state index in [0.717, 1.165) is 11.1 Å². The molecule has 128 valence electrons. The van der Waals surface area contributed by atoms with Crippen molar-refractivity contribution in [1.82, 2.24) is 5.32 Å². The molecule has 0 aromatic heterocycles. The van der Waals surface area contributed by atoms with Crippen molar-refractivity contribution in [3.63, 3.8) is 0 Å². The molecule has 0 saturated carbocycles. The summed E-state index contributed by atoms with van der Waals surface area (Å²) in [5.41, 5.74) is 2.18. The fourth-order valence-corrected chi connectivity index (χ4v) is 2.28. The molecule has 2 rings (SSSR count). The number of amides is 1. The van der Waals surface area contributed by atoms with Crippen molar-refractivity contribution in [3.8, 4) is 11.5 Å². The van der Waals surface area contributed by atoms with E-state index in [0.29, 0.717) is 24.7 Å². The zero-order valence-electron chi connectivity index (χ0n) is 14.1. The number of aryl methyl sites for hydroxylation is 2. The minimum absolute atomic E-state index is 0.211. The third-order valence-corrected chi connectivity index (χ3v) is 3.36. The fraction of sp³-hybridized carbons (Fsp3) is 0.316. The largest absolute Gasteiger partial charge is 0.492 e. The number of ether oxygens (including phenoxy) is 2. The molecule has 0 radical (unpaired) electrons. The van der Waals surface area contributed by atoms with Gasteiger partial charge in [0.25, 0.3) is 5.91 Å². The lowest BCUT2D eigenvalue weighted by Crippen LogP contribution is -2.38. The van der Waals surface area contributed by atoms with E-state index in [-0.39, 0.29) is 11.7 Å². The lowest BCUT2D eigenvalue weighted by Gasteiger charge is -2.16. The van der Waals surface area contributed by atoms with Gasteiger partial charge in [0.15, 0.2) is 6.10 Å². The fourth-order valence-electron chi connectivity index (χ4n) is 2.28. The second kappa shape index (κ2) is 8.34. The summed E-state index contributed by atoms with van der Waals surface area (Å²) >= 11 is 0. The Kier molecular flexibility index (Phi) is 6.18. The molecular formula is C19H22FNO3. The van der Waals surface area contributed by atoms with E-state index in [1.807, 2.05) is 32.0 Å². The maximum atomic E-state index is 12.8. The minimum atomic E-state index is -0.600. The summed E-state index contributed by atoms with van der Waals surface area (Å²) in [6.45, 7) is 6.31. The number of benzene rings is 2. The van der Waals surface area contributed by atoms with Gasteiger partial charge in [0.05, 0.1) is 6.54 Å². The number of carbonyl (C=O) groups excluding carboxylic acids is 1. The standard InChI is InChI=1S/C19H22FNO3/c1-13-10-14(2)12-18(11-13)24-15(3)19(22)21-8-9-23-17-6-4-16(20)5-7-17/h4-7,10-12,15H,8-9H2,1-3H3,(H,21,22)/t15-/m1/s1. The number of rotatable bonds is 7. The van der Waals surface area contributed by atoms with Crippen molar-refractivity contribution >= 4 is 5.91 Å². The quantitative estimate of drug-likeness (QED) is 0.791. The van der Waals surface area contributed by atoms with E-state index >= 15 is 0 Å². The zero-order valence-corrected chi connectivity index (χ0v) is 14.1. The topological polar surface area (TPSA) is 47.6 Å². The Balaban J connectivity index is 1.74. The monoisotopic (exact) mass is 331 g/mol. The molecule has 0 heterocycles. The molecule has 2 aromatic rings. The van der Waals surface area contributed by atoms with Crippen LogP contribution in [0, 0.1) is 19.7 Å². The molecule has 0 unspecified atom stereocenters. The van der Waals surface area contributed by atoms with E-state index in [1.165, 1.54) is 12.1 Å². The molecule has 1 amide bonds. The van der Waals surface area contributed by atoms with Gasteiger partial charge in [-0.15, -0.1) is 0 Å². The molecule has 4 nitrogen and oxygen atoms in total. The number of halogens is 1. The Labute approximate surface area is 141 Å². The highest BCUT2D eigenvalue weighted by Crippen LogP contribution is 2.17. The summed E-state index contributed by atoms with van der Waals surface area (Å²) in [6.07, 6.45) is -0.600. The normalized spacial score (nSPS) is 11.7. The molecular weight excluding hydrogens is 309 g/mol. The van der Waals surface area contributed by atoms with Crippen molar-refractivity contribution in [3.05, 3.63) is 59.4 Å². The third kappa shape index (κ3) is 5.57. The lowest BCUT2D eigenvalue weighted by molar-refractivity contribution is -0.127. The second-order valence-electron chi connectivity index (χ2n) is 5.68. The predicted octanol–water partition coefficient (Wildman–Crippen LogP) is 3.41. The van der Waals surface area contributed by atoms with Crippen LogP contribution < -0.4 is 14.8 Å². The van der Waals surface area contributed by atoms with Gasteiger partial charge in [0, 0.05) is 0 Å². The van der Waals surface area contributed by atoms with Crippen LogP contribution >= 0.6 is 0 Å². The number of carbonyl (C=O) groups is 1. The van der Waals surface area contributed by atoms with Gasteiger partial charge in [0.2, 0.25) is 0 Å². The van der Waals surface area contributed by atoms with Crippen molar-refractivity contribution in [1.29, 1.82) is 0 Å². The SMILES string of the molecule is Cc1cc(C)cc(O[C@H](C)C(=O)NCCOc2ccc(F)cc2)c1. The van der Waals surface area contributed by atoms with E-state index in [1.54, 1.807) is 19.1 Å². The number of nitrogens with one attached hydrogen (secondary N) is 1. The molecule has 0 aliphatic heterocycles. The Hall–Kier alpha value is -2.56. The third-order valence-electron chi connectivity index (χ3n) is 3.36. The summed E-state index contributed by atoms with van der Waals surface area (Å²) < 4.78 is 23.9. The van der Waals surface area contributed by atoms with Crippen LogP contribution in [0.4, 0.5) is 4.39 Å². The maximum Gasteiger partial charge on any atom is 0.260 e. The molecule has 0 aliphatic rings. The summed E-state index contributed by atoms with van der Waals surface area (Å²) in [6, 6.07) is 11.6. The number of hydrogen-bond donors (Lipinski definition) is 1. The van der Waals surface area contributed by atoms with Crippen molar-refractivity contribution in [2.24, 2.45) is 0 Å². The van der Waals surface area contributed by atoms with Crippen molar-refractivity contribution in [2.75, 3.05) is 13.2 Å². The van der Waals surface area contributed by atoms with Gasteiger partial charge in [-0.25, -0.2) is 4.39 Å². The van der Waals surface area contributed by atoms with Crippen LogP contribution in [0.15, 0.2) is 42.5 Å². The Morgan fingerprint density at radius 2 is 1.71 bits per heavy atom. The molecule has 5 heteroatoms. The second-order valence-corrected chi connectivity index (χ2v) is 5.68. The van der Waals surface area contributed by atoms with Crippen LogP contribution in [-0.2, 0) is 4.79 Å². The highest BCUT2D eigenvalue weighted by Gasteiger charge is 2.14. The van der Waals surface area contributed by atoms with Crippen LogP contribution in [0.5, 0.6) is 11.5 Å². The molecule has 0 aliphatic carbocycles. The first-order chi connectivity index (χ1) is 11.4. The molecule has 24 heavy (non-hydrogen) atoms. The number of hydrogen-bond acceptors (Lipinski definition) is 3. The Bertz CT molecular complexity index is 665. The molecule has 2 aromatic carbocycles. The molecule has 0 spiro atoms. The zero-order chi connectivity index (χ0) is 17.5. The smallest absolute Gasteiger partial charge is 0.260 e. The van der Waals surface area contributed by atoms with Gasteiger partial charge >= 0.3 is 0 Å². The van der Waals surface area contributed by atoms with Gasteiger partial charge in [-0.1, -0.05) is 6.07 Å². The summed E-state index contributed by atoms with van der Waals surface area (Å²) in [7, 11) is 0. The Morgan fingerprint density at radius 1 is 1.08 bits per heavy atom. The van der Waals surface area contributed by atoms with Gasteiger partial charge in [-0.05, 0) is 68.3 Å². The average Bonchev–Trinajstić information content (AvgIpc) is 2.52. The van der Waals surface area contributed by atoms with Gasteiger partial charge in [-0.2, -0.15) is 0 Å².